The van der Waals surface area contributed by atoms with Crippen LogP contribution in [-0.4, -0.2) is 31.5 Å². The molecule has 2 rings (SSSR count). The van der Waals surface area contributed by atoms with Gasteiger partial charge in [0.05, 0.1) is 30.3 Å². The van der Waals surface area contributed by atoms with Gasteiger partial charge in [-0.15, -0.1) is 0 Å². The molecule has 1 amide bonds. The van der Waals surface area contributed by atoms with Crippen molar-refractivity contribution in [3.8, 4) is 5.75 Å². The summed E-state index contributed by atoms with van der Waals surface area (Å²) in [5.74, 6) is -0.137. The highest BCUT2D eigenvalue weighted by Gasteiger charge is 2.30. The fraction of sp³-hybridized carbons (Fsp3) is 0.278. The summed E-state index contributed by atoms with van der Waals surface area (Å²) < 4.78 is 42.9. The largest absolute Gasteiger partial charge is 0.495 e. The summed E-state index contributed by atoms with van der Waals surface area (Å²) in [6.07, 6.45) is -4.39. The van der Waals surface area contributed by atoms with E-state index in [2.05, 4.69) is 5.32 Å². The van der Waals surface area contributed by atoms with Crippen LogP contribution < -0.4 is 15.0 Å². The molecule has 0 aromatic heterocycles. The second-order valence-electron chi connectivity index (χ2n) is 6.20. The Morgan fingerprint density at radius 1 is 1.21 bits per heavy atom. The molecule has 150 valence electrons. The summed E-state index contributed by atoms with van der Waals surface area (Å²) in [6.45, 7) is 0.338. The molecule has 28 heavy (non-hydrogen) atoms. The number of nitro benzene ring substituents is 1. The van der Waals surface area contributed by atoms with Crippen LogP contribution in [-0.2, 0) is 17.5 Å². The smallest absolute Gasteiger partial charge is 0.416 e. The zero-order chi connectivity index (χ0) is 20.9. The summed E-state index contributed by atoms with van der Waals surface area (Å²) in [5.41, 5.74) is -0.110. The minimum Gasteiger partial charge on any atom is -0.495 e. The molecule has 1 unspecified atom stereocenters. The number of carbonyl (C=O) groups is 1. The normalized spacial score (nSPS) is 12.3. The lowest BCUT2D eigenvalue weighted by Crippen LogP contribution is -3.08. The van der Waals surface area contributed by atoms with Crippen molar-refractivity contribution in [2.75, 3.05) is 26.0 Å². The summed E-state index contributed by atoms with van der Waals surface area (Å²) in [7, 11) is 3.08. The van der Waals surface area contributed by atoms with Crippen LogP contribution in [0.2, 0.25) is 0 Å². The lowest BCUT2D eigenvalue weighted by atomic mass is 10.1. The minimum atomic E-state index is -4.39. The molecule has 0 saturated carbocycles. The highest BCUT2D eigenvalue weighted by atomic mass is 19.4. The van der Waals surface area contributed by atoms with E-state index in [0.29, 0.717) is 12.1 Å². The lowest BCUT2D eigenvalue weighted by molar-refractivity contribution is -0.885. The monoisotopic (exact) mass is 398 g/mol. The number of amides is 1. The summed E-state index contributed by atoms with van der Waals surface area (Å²) in [4.78, 5) is 23.3. The van der Waals surface area contributed by atoms with Crippen molar-refractivity contribution in [1.29, 1.82) is 0 Å². The van der Waals surface area contributed by atoms with Gasteiger partial charge < -0.3 is 15.0 Å². The predicted octanol–water partition coefficient (Wildman–Crippen LogP) is 2.28. The van der Waals surface area contributed by atoms with Crippen molar-refractivity contribution in [3.63, 3.8) is 0 Å². The zero-order valence-electron chi connectivity index (χ0n) is 15.2. The number of nitrogens with zero attached hydrogens (tertiary/aromatic N) is 1. The molecule has 0 aliphatic carbocycles. The van der Waals surface area contributed by atoms with E-state index in [9.17, 15) is 28.1 Å². The Hall–Kier alpha value is -3.14. The maximum atomic E-state index is 12.6. The van der Waals surface area contributed by atoms with Crippen molar-refractivity contribution >= 4 is 17.3 Å². The molecule has 2 N–H and O–H groups in total. The van der Waals surface area contributed by atoms with Gasteiger partial charge in [0.1, 0.15) is 12.3 Å². The first kappa shape index (κ1) is 21.2. The maximum absolute atomic E-state index is 12.6. The van der Waals surface area contributed by atoms with Gasteiger partial charge in [0.2, 0.25) is 0 Å². The second-order valence-corrected chi connectivity index (χ2v) is 6.20. The van der Waals surface area contributed by atoms with E-state index in [1.54, 1.807) is 7.05 Å². The Balaban J connectivity index is 1.99. The Kier molecular flexibility index (Phi) is 6.57. The standard InChI is InChI=1S/C18H18F3N3O4/c1-23(10-12-3-5-13(6-4-12)18(19,20)21)11-17(25)22-15-9-14(24(26)27)7-8-16(15)28-2/h3-9H,10-11H2,1-2H3,(H,22,25)/p+1. The second kappa shape index (κ2) is 8.70. The van der Waals surface area contributed by atoms with Crippen LogP contribution in [0.25, 0.3) is 0 Å². The number of nitrogens with one attached hydrogen (secondary N) is 2. The number of quaternary nitrogens is 1. The van der Waals surface area contributed by atoms with Gasteiger partial charge in [0.25, 0.3) is 11.6 Å². The third kappa shape index (κ3) is 5.68. The maximum Gasteiger partial charge on any atom is 0.416 e. The summed E-state index contributed by atoms with van der Waals surface area (Å²) >= 11 is 0. The average molecular weight is 398 g/mol. The van der Waals surface area contributed by atoms with E-state index in [4.69, 9.17) is 4.74 Å². The number of hydrogen-bond acceptors (Lipinski definition) is 4. The minimum absolute atomic E-state index is 0.00681. The molecular formula is C18H19F3N3O4+. The first-order chi connectivity index (χ1) is 13.1. The first-order valence-electron chi connectivity index (χ1n) is 8.20. The van der Waals surface area contributed by atoms with E-state index in [-0.39, 0.29) is 23.7 Å². The van der Waals surface area contributed by atoms with Crippen molar-refractivity contribution in [2.45, 2.75) is 12.7 Å². The van der Waals surface area contributed by atoms with Crippen molar-refractivity contribution < 1.29 is 32.5 Å². The van der Waals surface area contributed by atoms with Crippen LogP contribution in [0.3, 0.4) is 0 Å². The quantitative estimate of drug-likeness (QED) is 0.554. The molecule has 2 aromatic carbocycles. The number of nitro groups is 1. The fourth-order valence-electron chi connectivity index (χ4n) is 2.60. The average Bonchev–Trinajstić information content (AvgIpc) is 2.61. The van der Waals surface area contributed by atoms with Gasteiger partial charge in [-0.25, -0.2) is 0 Å². The molecule has 0 bridgehead atoms. The van der Waals surface area contributed by atoms with Crippen LogP contribution in [0, 0.1) is 10.1 Å². The molecule has 0 heterocycles. The number of carbonyl (C=O) groups excluding carboxylic acids is 1. The zero-order valence-corrected chi connectivity index (χ0v) is 15.2. The van der Waals surface area contributed by atoms with Crippen LogP contribution in [0.15, 0.2) is 42.5 Å². The third-order valence-corrected chi connectivity index (χ3v) is 3.92. The molecule has 10 heteroatoms. The Morgan fingerprint density at radius 2 is 1.86 bits per heavy atom. The highest BCUT2D eigenvalue weighted by molar-refractivity contribution is 5.93. The first-order valence-corrected chi connectivity index (χ1v) is 8.20. The van der Waals surface area contributed by atoms with Crippen LogP contribution in [0.4, 0.5) is 24.5 Å². The van der Waals surface area contributed by atoms with E-state index in [1.807, 2.05) is 0 Å². The molecule has 0 aliphatic heterocycles. The lowest BCUT2D eigenvalue weighted by Gasteiger charge is -2.15. The van der Waals surface area contributed by atoms with E-state index < -0.39 is 22.6 Å². The Labute approximate surface area is 158 Å². The molecule has 7 nitrogen and oxygen atoms in total. The number of hydrogen-bond donors (Lipinski definition) is 2. The molecule has 2 aromatic rings. The van der Waals surface area contributed by atoms with Crippen molar-refractivity contribution in [1.82, 2.24) is 0 Å². The van der Waals surface area contributed by atoms with Gasteiger partial charge in [0, 0.05) is 17.7 Å². The predicted molar refractivity (Wildman–Crippen MR) is 95.2 cm³/mol. The van der Waals surface area contributed by atoms with E-state index in [1.165, 1.54) is 37.4 Å². The third-order valence-electron chi connectivity index (χ3n) is 3.92. The number of benzene rings is 2. The fourth-order valence-corrected chi connectivity index (χ4v) is 2.60. The highest BCUT2D eigenvalue weighted by Crippen LogP contribution is 2.29. The molecule has 0 radical (unpaired) electrons. The number of non-ortho nitro benzene ring substituents is 1. The molecule has 0 aliphatic rings. The van der Waals surface area contributed by atoms with Gasteiger partial charge in [-0.1, -0.05) is 12.1 Å². The van der Waals surface area contributed by atoms with Crippen LogP contribution in [0.5, 0.6) is 5.75 Å². The van der Waals surface area contributed by atoms with E-state index in [0.717, 1.165) is 17.0 Å². The summed E-state index contributed by atoms with van der Waals surface area (Å²) in [5, 5.41) is 13.4. The molecule has 0 saturated heterocycles. The van der Waals surface area contributed by atoms with Gasteiger partial charge in [0.15, 0.2) is 6.54 Å². The Morgan fingerprint density at radius 3 is 2.39 bits per heavy atom. The SMILES string of the molecule is COc1ccc([N+](=O)[O-])cc1NC(=O)C[NH+](C)Cc1ccc(C(F)(F)F)cc1. The number of anilines is 1. The molecule has 0 spiro atoms. The van der Waals surface area contributed by atoms with E-state index >= 15 is 0 Å². The van der Waals surface area contributed by atoms with Gasteiger partial charge in [-0.2, -0.15) is 13.2 Å². The Bertz CT molecular complexity index is 854. The van der Waals surface area contributed by atoms with Gasteiger partial charge >= 0.3 is 6.18 Å². The van der Waals surface area contributed by atoms with Crippen molar-refractivity contribution in [2.24, 2.45) is 0 Å². The number of alkyl halides is 3. The van der Waals surface area contributed by atoms with Gasteiger partial charge in [-0.05, 0) is 18.2 Å². The van der Waals surface area contributed by atoms with Crippen LogP contribution >= 0.6 is 0 Å². The topological polar surface area (TPSA) is 85.9 Å². The number of likely N-dealkylation sites (N-methyl/N-ethyl adjacent to an activating group) is 1. The van der Waals surface area contributed by atoms with Crippen molar-refractivity contribution in [3.05, 3.63) is 63.7 Å². The van der Waals surface area contributed by atoms with Gasteiger partial charge in [-0.3, -0.25) is 14.9 Å². The number of halogens is 3. The summed E-state index contributed by atoms with van der Waals surface area (Å²) in [6, 6.07) is 8.57. The number of ether oxygens (including phenoxy) is 1. The molecule has 0 fully saturated rings. The molecule has 1 atom stereocenters. The molecular weight excluding hydrogens is 379 g/mol. The van der Waals surface area contributed by atoms with Crippen LogP contribution in [0.1, 0.15) is 11.1 Å². The number of rotatable bonds is 7. The number of methoxy groups -OCH3 is 1.